The average Bonchev–Trinajstić information content (AvgIpc) is 3.40. The van der Waals surface area contributed by atoms with Crippen molar-refractivity contribution in [2.75, 3.05) is 12.4 Å². The predicted molar refractivity (Wildman–Crippen MR) is 117 cm³/mol. The number of amides is 2. The summed E-state index contributed by atoms with van der Waals surface area (Å²) in [6, 6.07) is 10.1. The Bertz CT molecular complexity index is 1260. The number of benzene rings is 2. The first kappa shape index (κ1) is 23.8. The highest BCUT2D eigenvalue weighted by Gasteiger charge is 2.49. The van der Waals surface area contributed by atoms with E-state index in [1.807, 2.05) is 12.2 Å². The van der Waals surface area contributed by atoms with Crippen molar-refractivity contribution in [1.82, 2.24) is 5.32 Å². The number of nitrogens with one attached hydrogen (secondary N) is 2. The number of sulfone groups is 1. The number of rotatable bonds is 6. The monoisotopic (exact) mass is 494 g/mol. The molecule has 7 nitrogen and oxygen atoms in total. The fraction of sp³-hybridized carbons (Fsp3) is 0.304. The number of ether oxygens (including phenoxy) is 1. The number of halogens is 3. The molecule has 1 fully saturated rings. The maximum absolute atomic E-state index is 13.1. The quantitative estimate of drug-likeness (QED) is 0.599. The van der Waals surface area contributed by atoms with Crippen LogP contribution in [0.5, 0.6) is 5.75 Å². The largest absolute Gasteiger partial charge is 0.501 e. The van der Waals surface area contributed by atoms with Gasteiger partial charge in [0, 0.05) is 11.7 Å². The van der Waals surface area contributed by atoms with Gasteiger partial charge in [0.1, 0.15) is 5.75 Å². The van der Waals surface area contributed by atoms with Crippen LogP contribution in [0, 0.1) is 17.8 Å². The standard InChI is InChI=1S/C23H21F3N2O5S/c1-33-18-8-3-2-7-17(18)21(29)28-20-14-10-9-13(11-14)19(20)22(30)27-15-5-4-6-16(12-15)34(31,32)23(24,25)26/h2-10,12-14,19-20H,11H2,1H3,(H,27,30)(H,28,29)/t13-,14+,19+,20-/m1/s1. The summed E-state index contributed by atoms with van der Waals surface area (Å²) in [6.45, 7) is 0. The Morgan fingerprint density at radius 2 is 1.74 bits per heavy atom. The lowest BCUT2D eigenvalue weighted by molar-refractivity contribution is -0.121. The van der Waals surface area contributed by atoms with Gasteiger partial charge in [-0.2, -0.15) is 13.2 Å². The van der Waals surface area contributed by atoms with Crippen LogP contribution >= 0.6 is 0 Å². The van der Waals surface area contributed by atoms with Crippen molar-refractivity contribution in [3.8, 4) is 5.75 Å². The Labute approximate surface area is 193 Å². The average molecular weight is 494 g/mol. The minimum absolute atomic E-state index is 0.0862. The van der Waals surface area contributed by atoms with E-state index in [1.165, 1.54) is 13.2 Å². The molecule has 4 atom stereocenters. The number of fused-ring (bicyclic) bond motifs is 2. The minimum atomic E-state index is -5.56. The summed E-state index contributed by atoms with van der Waals surface area (Å²) in [5, 5.41) is 5.42. The Morgan fingerprint density at radius 1 is 1.03 bits per heavy atom. The summed E-state index contributed by atoms with van der Waals surface area (Å²) in [4.78, 5) is 25.1. The molecular formula is C23H21F3N2O5S. The smallest absolute Gasteiger partial charge is 0.496 e. The number of allylic oxidation sites excluding steroid dienone is 1. The zero-order chi connectivity index (χ0) is 24.7. The highest BCUT2D eigenvalue weighted by Crippen LogP contribution is 2.44. The van der Waals surface area contributed by atoms with Crippen molar-refractivity contribution < 1.29 is 35.9 Å². The van der Waals surface area contributed by atoms with Crippen molar-refractivity contribution in [2.24, 2.45) is 17.8 Å². The Kier molecular flexibility index (Phi) is 6.15. The number of carbonyl (C=O) groups excluding carboxylic acids is 2. The van der Waals surface area contributed by atoms with Gasteiger partial charge < -0.3 is 15.4 Å². The molecule has 0 unspecified atom stereocenters. The molecule has 11 heteroatoms. The van der Waals surface area contributed by atoms with Crippen molar-refractivity contribution in [1.29, 1.82) is 0 Å². The molecule has 0 spiro atoms. The molecule has 2 aliphatic carbocycles. The molecule has 2 aromatic rings. The first-order valence-corrected chi connectivity index (χ1v) is 11.9. The van der Waals surface area contributed by atoms with Crippen molar-refractivity contribution >= 4 is 27.3 Å². The lowest BCUT2D eigenvalue weighted by atomic mass is 9.87. The zero-order valence-corrected chi connectivity index (χ0v) is 18.7. The van der Waals surface area contributed by atoms with E-state index >= 15 is 0 Å². The normalized spacial score (nSPS) is 23.5. The van der Waals surface area contributed by atoms with Crippen LogP contribution < -0.4 is 15.4 Å². The molecule has 0 aromatic heterocycles. The Balaban J connectivity index is 1.54. The Morgan fingerprint density at radius 3 is 2.44 bits per heavy atom. The molecule has 4 rings (SSSR count). The number of anilines is 1. The number of hydrogen-bond acceptors (Lipinski definition) is 5. The molecule has 2 aromatic carbocycles. The van der Waals surface area contributed by atoms with Gasteiger partial charge in [-0.3, -0.25) is 9.59 Å². The van der Waals surface area contributed by atoms with E-state index in [0.717, 1.165) is 18.2 Å². The van der Waals surface area contributed by atoms with Gasteiger partial charge in [-0.15, -0.1) is 0 Å². The van der Waals surface area contributed by atoms with Gasteiger partial charge in [0.05, 0.1) is 23.5 Å². The highest BCUT2D eigenvalue weighted by molar-refractivity contribution is 7.92. The van der Waals surface area contributed by atoms with Crippen LogP contribution in [-0.4, -0.2) is 38.9 Å². The number of alkyl halides is 3. The van der Waals surface area contributed by atoms with Crippen molar-refractivity contribution in [2.45, 2.75) is 22.9 Å². The van der Waals surface area contributed by atoms with Crippen LogP contribution in [0.15, 0.2) is 65.6 Å². The first-order chi connectivity index (χ1) is 16.0. The molecule has 0 radical (unpaired) electrons. The van der Waals surface area contributed by atoms with Crippen LogP contribution in [0.4, 0.5) is 18.9 Å². The van der Waals surface area contributed by atoms with E-state index in [-0.39, 0.29) is 17.5 Å². The van der Waals surface area contributed by atoms with E-state index in [1.54, 1.807) is 24.3 Å². The zero-order valence-electron chi connectivity index (χ0n) is 17.9. The molecule has 0 aliphatic heterocycles. The summed E-state index contributed by atoms with van der Waals surface area (Å²) in [7, 11) is -4.12. The molecule has 0 heterocycles. The van der Waals surface area contributed by atoms with Gasteiger partial charge in [-0.25, -0.2) is 8.42 Å². The third kappa shape index (κ3) is 4.27. The minimum Gasteiger partial charge on any atom is -0.496 e. The molecule has 2 aliphatic rings. The number of hydrogen-bond donors (Lipinski definition) is 2. The second-order valence-electron chi connectivity index (χ2n) is 8.14. The molecule has 2 N–H and O–H groups in total. The number of carbonyl (C=O) groups is 2. The SMILES string of the molecule is COc1ccccc1C(=O)N[C@H]1[C@@H](C(=O)Nc2cccc(S(=O)(=O)C(F)(F)F)c2)[C@@H]2C=C[C@H]1C2. The molecular weight excluding hydrogens is 473 g/mol. The lowest BCUT2D eigenvalue weighted by Crippen LogP contribution is -2.47. The third-order valence-electron chi connectivity index (χ3n) is 6.13. The van der Waals surface area contributed by atoms with Crippen LogP contribution in [0.2, 0.25) is 0 Å². The van der Waals surface area contributed by atoms with Crippen LogP contribution in [0.25, 0.3) is 0 Å². The topological polar surface area (TPSA) is 102 Å². The molecule has 2 amide bonds. The van der Waals surface area contributed by atoms with E-state index in [4.69, 9.17) is 4.74 Å². The lowest BCUT2D eigenvalue weighted by Gasteiger charge is -2.28. The summed E-state index contributed by atoms with van der Waals surface area (Å²) in [5.74, 6) is -1.51. The highest BCUT2D eigenvalue weighted by atomic mass is 32.2. The fourth-order valence-corrected chi connectivity index (χ4v) is 5.35. The van der Waals surface area contributed by atoms with Gasteiger partial charge >= 0.3 is 5.51 Å². The molecule has 34 heavy (non-hydrogen) atoms. The van der Waals surface area contributed by atoms with Gasteiger partial charge in [0.25, 0.3) is 15.7 Å². The number of para-hydroxylation sites is 1. The number of methoxy groups -OCH3 is 1. The van der Waals surface area contributed by atoms with Gasteiger partial charge in [0.2, 0.25) is 5.91 Å². The maximum atomic E-state index is 13.1. The van der Waals surface area contributed by atoms with E-state index in [0.29, 0.717) is 17.7 Å². The van der Waals surface area contributed by atoms with E-state index < -0.39 is 44.0 Å². The van der Waals surface area contributed by atoms with Crippen molar-refractivity contribution in [3.05, 3.63) is 66.2 Å². The third-order valence-corrected chi connectivity index (χ3v) is 7.61. The van der Waals surface area contributed by atoms with Gasteiger partial charge in [-0.1, -0.05) is 30.4 Å². The van der Waals surface area contributed by atoms with Gasteiger partial charge in [-0.05, 0) is 48.6 Å². The van der Waals surface area contributed by atoms with E-state index in [9.17, 15) is 31.2 Å². The van der Waals surface area contributed by atoms with Crippen molar-refractivity contribution in [3.63, 3.8) is 0 Å². The second kappa shape index (κ2) is 8.79. The molecule has 180 valence electrons. The molecule has 0 saturated heterocycles. The van der Waals surface area contributed by atoms with Crippen LogP contribution in [-0.2, 0) is 14.6 Å². The molecule has 1 saturated carbocycles. The summed E-state index contributed by atoms with van der Waals surface area (Å²) in [5.41, 5.74) is -5.24. The van der Waals surface area contributed by atoms with Crippen LogP contribution in [0.3, 0.4) is 0 Å². The van der Waals surface area contributed by atoms with E-state index in [2.05, 4.69) is 10.6 Å². The molecule has 2 bridgehead atoms. The predicted octanol–water partition coefficient (Wildman–Crippen LogP) is 3.55. The Hall–Kier alpha value is -3.34. The van der Waals surface area contributed by atoms with Crippen LogP contribution in [0.1, 0.15) is 16.8 Å². The second-order valence-corrected chi connectivity index (χ2v) is 10.1. The first-order valence-electron chi connectivity index (χ1n) is 10.4. The summed E-state index contributed by atoms with van der Waals surface area (Å²) in [6.07, 6.45) is 4.45. The summed E-state index contributed by atoms with van der Waals surface area (Å²) >= 11 is 0. The summed E-state index contributed by atoms with van der Waals surface area (Å²) < 4.78 is 67.3. The van der Waals surface area contributed by atoms with Gasteiger partial charge in [0.15, 0.2) is 0 Å². The fourth-order valence-electron chi connectivity index (χ4n) is 4.54. The maximum Gasteiger partial charge on any atom is 0.501 e.